The summed E-state index contributed by atoms with van der Waals surface area (Å²) in [4.78, 5) is 25.3. The Balaban J connectivity index is 1.78. The molecule has 0 aliphatic rings. The second-order valence-corrected chi connectivity index (χ2v) is 6.43. The van der Waals surface area contributed by atoms with Gasteiger partial charge in [-0.1, -0.05) is 41.4 Å². The Morgan fingerprint density at radius 3 is 2.35 bits per heavy atom. The number of nitrogens with zero attached hydrogens (tertiary/aromatic N) is 1. The Morgan fingerprint density at radius 2 is 1.73 bits per heavy atom. The van der Waals surface area contributed by atoms with Crippen LogP contribution in [0.25, 0.3) is 0 Å². The third-order valence-corrected chi connectivity index (χ3v) is 3.97. The summed E-state index contributed by atoms with van der Waals surface area (Å²) in [5.41, 5.74) is 0.594. The average molecular weight is 395 g/mol. The summed E-state index contributed by atoms with van der Waals surface area (Å²) in [7, 11) is 0. The summed E-state index contributed by atoms with van der Waals surface area (Å²) in [6, 6.07) is 14.2. The molecule has 0 aliphatic heterocycles. The van der Waals surface area contributed by atoms with Crippen LogP contribution in [0.15, 0.2) is 48.5 Å². The molecule has 0 spiro atoms. The number of hydrogen-bond donors (Lipinski definition) is 1. The molecule has 2 aromatic rings. The van der Waals surface area contributed by atoms with Gasteiger partial charge in [0.2, 0.25) is 11.8 Å². The average Bonchev–Trinajstić information content (AvgIpc) is 2.58. The molecule has 7 heteroatoms. The molecule has 0 aliphatic carbocycles. The second kappa shape index (κ2) is 10.0. The van der Waals surface area contributed by atoms with Gasteiger partial charge < -0.3 is 15.0 Å². The van der Waals surface area contributed by atoms with Gasteiger partial charge in [-0.15, -0.1) is 0 Å². The van der Waals surface area contributed by atoms with E-state index in [-0.39, 0.29) is 24.8 Å². The predicted octanol–water partition coefficient (Wildman–Crippen LogP) is 3.93. The first kappa shape index (κ1) is 20.1. The van der Waals surface area contributed by atoms with E-state index in [0.29, 0.717) is 28.8 Å². The molecule has 2 amide bonds. The topological polar surface area (TPSA) is 58.6 Å². The van der Waals surface area contributed by atoms with Crippen LogP contribution in [0, 0.1) is 0 Å². The summed E-state index contributed by atoms with van der Waals surface area (Å²) in [6.45, 7) is 2.37. The van der Waals surface area contributed by atoms with Crippen LogP contribution < -0.4 is 15.0 Å². The molecule has 0 bridgehead atoms. The van der Waals surface area contributed by atoms with E-state index in [2.05, 4.69) is 5.32 Å². The number of carbonyl (C=O) groups excluding carboxylic acids is 2. The molecule has 5 nitrogen and oxygen atoms in total. The zero-order valence-corrected chi connectivity index (χ0v) is 15.9. The van der Waals surface area contributed by atoms with E-state index in [1.165, 1.54) is 11.8 Å². The third-order valence-electron chi connectivity index (χ3n) is 3.54. The number of anilines is 1. The first-order valence-corrected chi connectivity index (χ1v) is 8.90. The molecule has 0 fully saturated rings. The number of para-hydroxylation sites is 1. The lowest BCUT2D eigenvalue weighted by molar-refractivity contribution is -0.122. The highest BCUT2D eigenvalue weighted by atomic mass is 35.5. The maximum Gasteiger partial charge on any atom is 0.223 e. The van der Waals surface area contributed by atoms with Gasteiger partial charge in [0.1, 0.15) is 5.75 Å². The lowest BCUT2D eigenvalue weighted by atomic mass is 10.2. The van der Waals surface area contributed by atoms with E-state index in [4.69, 9.17) is 27.9 Å². The maximum atomic E-state index is 11.9. The van der Waals surface area contributed by atoms with Crippen molar-refractivity contribution >= 4 is 40.7 Å². The number of halogens is 2. The zero-order chi connectivity index (χ0) is 18.9. The largest absolute Gasteiger partial charge is 0.493 e. The van der Waals surface area contributed by atoms with Crippen LogP contribution in [0.3, 0.4) is 0 Å². The van der Waals surface area contributed by atoms with Gasteiger partial charge in [-0.3, -0.25) is 9.59 Å². The lowest BCUT2D eigenvalue weighted by Gasteiger charge is -2.22. The highest BCUT2D eigenvalue weighted by Gasteiger charge is 2.13. The van der Waals surface area contributed by atoms with Crippen molar-refractivity contribution in [2.45, 2.75) is 13.3 Å². The first-order valence-electron chi connectivity index (χ1n) is 8.14. The molecule has 26 heavy (non-hydrogen) atoms. The number of rotatable bonds is 8. The van der Waals surface area contributed by atoms with Gasteiger partial charge in [-0.2, -0.15) is 0 Å². The van der Waals surface area contributed by atoms with Crippen molar-refractivity contribution < 1.29 is 14.3 Å². The van der Waals surface area contributed by atoms with Crippen molar-refractivity contribution in [3.8, 4) is 5.75 Å². The fraction of sp³-hybridized carbons (Fsp3) is 0.263. The van der Waals surface area contributed by atoms with E-state index in [9.17, 15) is 9.59 Å². The smallest absolute Gasteiger partial charge is 0.223 e. The summed E-state index contributed by atoms with van der Waals surface area (Å²) in [5, 5.41) is 3.66. The van der Waals surface area contributed by atoms with Crippen molar-refractivity contribution in [2.75, 3.05) is 24.6 Å². The monoisotopic (exact) mass is 394 g/mol. The molecule has 2 aromatic carbocycles. The molecule has 2 rings (SSSR count). The molecule has 0 saturated heterocycles. The summed E-state index contributed by atoms with van der Waals surface area (Å²) >= 11 is 12.0. The SMILES string of the molecule is CC(=O)N(CCNC(=O)CCOc1ccccc1)c1cc(Cl)cc(Cl)c1. The Kier molecular flexibility index (Phi) is 7.75. The Hall–Kier alpha value is -2.24. The molecular formula is C19H20Cl2N2O3. The second-order valence-electron chi connectivity index (χ2n) is 5.56. The number of hydrogen-bond acceptors (Lipinski definition) is 3. The van der Waals surface area contributed by atoms with Crippen LogP contribution in [-0.4, -0.2) is 31.5 Å². The molecule has 0 aromatic heterocycles. The van der Waals surface area contributed by atoms with Gasteiger partial charge >= 0.3 is 0 Å². The van der Waals surface area contributed by atoms with Gasteiger partial charge in [-0.05, 0) is 30.3 Å². The van der Waals surface area contributed by atoms with Crippen LogP contribution >= 0.6 is 23.2 Å². The van der Waals surface area contributed by atoms with Crippen molar-refractivity contribution in [2.24, 2.45) is 0 Å². The molecular weight excluding hydrogens is 375 g/mol. The van der Waals surface area contributed by atoms with E-state index < -0.39 is 0 Å². The van der Waals surface area contributed by atoms with Gasteiger partial charge in [0.15, 0.2) is 0 Å². The lowest BCUT2D eigenvalue weighted by Crippen LogP contribution is -2.37. The molecule has 0 saturated carbocycles. The summed E-state index contributed by atoms with van der Waals surface area (Å²) < 4.78 is 5.48. The molecule has 0 heterocycles. The fourth-order valence-electron chi connectivity index (χ4n) is 2.34. The Morgan fingerprint density at radius 1 is 1.08 bits per heavy atom. The number of carbonyl (C=O) groups is 2. The summed E-state index contributed by atoms with van der Waals surface area (Å²) in [6.07, 6.45) is 0.234. The number of amides is 2. The number of ether oxygens (including phenoxy) is 1. The highest BCUT2D eigenvalue weighted by Crippen LogP contribution is 2.25. The normalized spacial score (nSPS) is 10.3. The van der Waals surface area contributed by atoms with E-state index >= 15 is 0 Å². The standard InChI is InChI=1S/C19H20Cl2N2O3/c1-14(24)23(17-12-15(20)11-16(21)13-17)9-8-22-19(25)7-10-26-18-5-3-2-4-6-18/h2-6,11-13H,7-10H2,1H3,(H,22,25). The molecule has 0 unspecified atom stereocenters. The van der Waals surface area contributed by atoms with Crippen LogP contribution in [0.5, 0.6) is 5.75 Å². The molecule has 138 valence electrons. The zero-order valence-electron chi connectivity index (χ0n) is 14.4. The van der Waals surface area contributed by atoms with Gasteiger partial charge in [0.05, 0.1) is 13.0 Å². The quantitative estimate of drug-likeness (QED) is 0.737. The molecule has 0 atom stereocenters. The molecule has 0 radical (unpaired) electrons. The van der Waals surface area contributed by atoms with Crippen molar-refractivity contribution in [1.29, 1.82) is 0 Å². The first-order chi connectivity index (χ1) is 12.5. The van der Waals surface area contributed by atoms with E-state index in [1.807, 2.05) is 30.3 Å². The minimum absolute atomic E-state index is 0.145. The van der Waals surface area contributed by atoms with Crippen LogP contribution in [0.4, 0.5) is 5.69 Å². The van der Waals surface area contributed by atoms with Crippen molar-refractivity contribution in [3.05, 3.63) is 58.6 Å². The Labute approximate surface area is 162 Å². The van der Waals surface area contributed by atoms with Crippen LogP contribution in [-0.2, 0) is 9.59 Å². The minimum atomic E-state index is -0.162. The number of benzene rings is 2. The fourth-order valence-corrected chi connectivity index (χ4v) is 2.85. The van der Waals surface area contributed by atoms with Gasteiger partial charge in [0, 0.05) is 35.7 Å². The van der Waals surface area contributed by atoms with Crippen molar-refractivity contribution in [3.63, 3.8) is 0 Å². The minimum Gasteiger partial charge on any atom is -0.493 e. The van der Waals surface area contributed by atoms with Crippen molar-refractivity contribution in [1.82, 2.24) is 5.32 Å². The highest BCUT2D eigenvalue weighted by molar-refractivity contribution is 6.35. The van der Waals surface area contributed by atoms with Gasteiger partial charge in [-0.25, -0.2) is 0 Å². The van der Waals surface area contributed by atoms with E-state index in [0.717, 1.165) is 5.75 Å². The third kappa shape index (κ3) is 6.58. The number of nitrogens with one attached hydrogen (secondary N) is 1. The van der Waals surface area contributed by atoms with Crippen LogP contribution in [0.1, 0.15) is 13.3 Å². The maximum absolute atomic E-state index is 11.9. The Bertz CT molecular complexity index is 733. The summed E-state index contributed by atoms with van der Waals surface area (Å²) in [5.74, 6) is 0.416. The van der Waals surface area contributed by atoms with E-state index in [1.54, 1.807) is 18.2 Å². The van der Waals surface area contributed by atoms with Crippen LogP contribution in [0.2, 0.25) is 10.0 Å². The predicted molar refractivity (Wildman–Crippen MR) is 104 cm³/mol. The van der Waals surface area contributed by atoms with Gasteiger partial charge in [0.25, 0.3) is 0 Å². The molecule has 1 N–H and O–H groups in total.